The third-order valence-corrected chi connectivity index (χ3v) is 0.490. The van der Waals surface area contributed by atoms with E-state index in [9.17, 15) is 0 Å². The van der Waals surface area contributed by atoms with Gasteiger partial charge in [-0.05, 0) is 6.92 Å². The number of hydrogen-bond acceptors (Lipinski definition) is 2. The predicted molar refractivity (Wildman–Crippen MR) is 31.2 cm³/mol. The predicted octanol–water partition coefficient (Wildman–Crippen LogP) is -0.678. The molecule has 0 aliphatic heterocycles. The van der Waals surface area contributed by atoms with Crippen LogP contribution in [0.3, 0.4) is 0 Å². The summed E-state index contributed by atoms with van der Waals surface area (Å²) in [5.41, 5.74) is 10.3. The maximum Gasteiger partial charge on any atom is 0.0906 e. The molecule has 4 N–H and O–H groups in total. The molecule has 0 unspecified atom stereocenters. The van der Waals surface area contributed by atoms with Gasteiger partial charge >= 0.3 is 0 Å². The second-order valence-corrected chi connectivity index (χ2v) is 1.31. The highest BCUT2D eigenvalue weighted by atomic mass is 14.8. The van der Waals surface area contributed by atoms with E-state index in [1.54, 1.807) is 6.92 Å². The molecule has 42 valence electrons. The molecule has 0 aliphatic rings. The molecule has 0 spiro atoms. The first-order valence-corrected chi connectivity index (χ1v) is 2.24. The van der Waals surface area contributed by atoms with Gasteiger partial charge in [0, 0.05) is 6.54 Å². The first-order chi connectivity index (χ1) is 3.27. The summed E-state index contributed by atoms with van der Waals surface area (Å²) in [4.78, 5) is 3.81. The van der Waals surface area contributed by atoms with Gasteiger partial charge in [-0.25, -0.2) is 0 Å². The average molecular weight is 101 g/mol. The van der Waals surface area contributed by atoms with Crippen molar-refractivity contribution in [3.8, 4) is 0 Å². The highest BCUT2D eigenvalue weighted by molar-refractivity contribution is 5.77. The van der Waals surface area contributed by atoms with Crippen LogP contribution in [0.4, 0.5) is 0 Å². The Labute approximate surface area is 43.4 Å². The van der Waals surface area contributed by atoms with E-state index in [0.29, 0.717) is 18.9 Å². The summed E-state index contributed by atoms with van der Waals surface area (Å²) in [6, 6.07) is 0. The number of amidine groups is 1. The van der Waals surface area contributed by atoms with Crippen molar-refractivity contribution in [1.82, 2.24) is 0 Å². The van der Waals surface area contributed by atoms with Gasteiger partial charge in [-0.2, -0.15) is 0 Å². The molecule has 3 nitrogen and oxygen atoms in total. The zero-order valence-corrected chi connectivity index (χ0v) is 4.52. The maximum absolute atomic E-state index is 5.17. The fraction of sp³-hybridized carbons (Fsp3) is 0.750. The minimum atomic E-state index is 0.578. The average Bonchev–Trinajstić information content (AvgIpc) is 1.61. The molecule has 7 heavy (non-hydrogen) atoms. The Morgan fingerprint density at radius 2 is 2.29 bits per heavy atom. The molecule has 0 rings (SSSR count). The van der Waals surface area contributed by atoms with Gasteiger partial charge in [0.05, 0.1) is 12.4 Å². The molecule has 0 amide bonds. The molecule has 0 radical (unpaired) electrons. The molecule has 0 aromatic carbocycles. The Bertz CT molecular complexity index is 63.3. The Morgan fingerprint density at radius 1 is 1.71 bits per heavy atom. The molecule has 0 bridgehead atoms. The van der Waals surface area contributed by atoms with Gasteiger partial charge in [0.15, 0.2) is 0 Å². The summed E-state index contributed by atoms with van der Waals surface area (Å²) in [7, 11) is 0. The van der Waals surface area contributed by atoms with Crippen LogP contribution >= 0.6 is 0 Å². The number of aliphatic imine (C=N–C) groups is 1. The van der Waals surface area contributed by atoms with Crippen LogP contribution in [0, 0.1) is 0 Å². The zero-order valence-electron chi connectivity index (χ0n) is 4.52. The van der Waals surface area contributed by atoms with Crippen LogP contribution in [0.2, 0.25) is 0 Å². The lowest BCUT2D eigenvalue weighted by Gasteiger charge is -1.86. The van der Waals surface area contributed by atoms with Gasteiger partial charge in [-0.3, -0.25) is 4.99 Å². The van der Waals surface area contributed by atoms with Crippen molar-refractivity contribution in [2.24, 2.45) is 16.5 Å². The van der Waals surface area contributed by atoms with E-state index in [-0.39, 0.29) is 0 Å². The number of nitrogens with zero attached hydrogens (tertiary/aromatic N) is 1. The summed E-state index contributed by atoms with van der Waals surface area (Å²) in [6.07, 6.45) is 0. The molecule has 0 heterocycles. The van der Waals surface area contributed by atoms with Crippen molar-refractivity contribution in [2.75, 3.05) is 13.1 Å². The van der Waals surface area contributed by atoms with Gasteiger partial charge in [0.2, 0.25) is 0 Å². The molecule has 0 aromatic heterocycles. The minimum absolute atomic E-state index is 0.578. The molecule has 0 fully saturated rings. The Kier molecular flexibility index (Phi) is 3.32. The van der Waals surface area contributed by atoms with Gasteiger partial charge in [0.25, 0.3) is 0 Å². The lowest BCUT2D eigenvalue weighted by Crippen LogP contribution is -2.10. The van der Waals surface area contributed by atoms with Gasteiger partial charge in [0.1, 0.15) is 0 Å². The number of nitrogens with two attached hydrogens (primary N) is 2. The van der Waals surface area contributed by atoms with Crippen molar-refractivity contribution >= 4 is 5.84 Å². The van der Waals surface area contributed by atoms with E-state index in [1.165, 1.54) is 0 Å². The van der Waals surface area contributed by atoms with Crippen molar-refractivity contribution in [3.05, 3.63) is 0 Å². The minimum Gasteiger partial charge on any atom is -0.388 e. The molecule has 0 saturated carbocycles. The van der Waals surface area contributed by atoms with Gasteiger partial charge in [-0.1, -0.05) is 0 Å². The van der Waals surface area contributed by atoms with E-state index in [4.69, 9.17) is 11.5 Å². The first kappa shape index (κ1) is 6.43. The van der Waals surface area contributed by atoms with E-state index in [2.05, 4.69) is 4.99 Å². The second-order valence-electron chi connectivity index (χ2n) is 1.31. The van der Waals surface area contributed by atoms with Crippen LogP contribution < -0.4 is 11.5 Å². The second kappa shape index (κ2) is 3.61. The standard InChI is InChI=1S/C4H11N3/c1-4(6)7-3-2-5/h2-3,5H2,1H3,(H2,6,7). The zero-order chi connectivity index (χ0) is 5.70. The number of rotatable bonds is 2. The topological polar surface area (TPSA) is 64.4 Å². The van der Waals surface area contributed by atoms with E-state index in [0.717, 1.165) is 0 Å². The van der Waals surface area contributed by atoms with E-state index >= 15 is 0 Å². The van der Waals surface area contributed by atoms with Crippen LogP contribution in [0.15, 0.2) is 4.99 Å². The number of hydrogen-bond donors (Lipinski definition) is 2. The van der Waals surface area contributed by atoms with Crippen molar-refractivity contribution in [2.45, 2.75) is 6.92 Å². The van der Waals surface area contributed by atoms with Gasteiger partial charge in [-0.15, -0.1) is 0 Å². The fourth-order valence-electron chi connectivity index (χ4n) is 0.241. The first-order valence-electron chi connectivity index (χ1n) is 2.24. The normalized spacial score (nSPS) is 12.0. The van der Waals surface area contributed by atoms with Crippen molar-refractivity contribution in [3.63, 3.8) is 0 Å². The lowest BCUT2D eigenvalue weighted by atomic mass is 10.6. The molecule has 0 atom stereocenters. The molecule has 3 heteroatoms. The highest BCUT2D eigenvalue weighted by Gasteiger charge is 1.73. The summed E-state index contributed by atoms with van der Waals surface area (Å²) in [5.74, 6) is 0.602. The summed E-state index contributed by atoms with van der Waals surface area (Å²) in [6.45, 7) is 2.96. The monoisotopic (exact) mass is 101 g/mol. The quantitative estimate of drug-likeness (QED) is 0.357. The van der Waals surface area contributed by atoms with Crippen LogP contribution in [0.5, 0.6) is 0 Å². The third kappa shape index (κ3) is 5.43. The van der Waals surface area contributed by atoms with Crippen LogP contribution in [-0.2, 0) is 0 Å². The van der Waals surface area contributed by atoms with Crippen LogP contribution in [-0.4, -0.2) is 18.9 Å². The largest absolute Gasteiger partial charge is 0.388 e. The molecular formula is C4H11N3. The third-order valence-electron chi connectivity index (χ3n) is 0.490. The Morgan fingerprint density at radius 3 is 2.43 bits per heavy atom. The van der Waals surface area contributed by atoms with Crippen LogP contribution in [0.1, 0.15) is 6.92 Å². The molecule has 0 aromatic rings. The van der Waals surface area contributed by atoms with E-state index in [1.807, 2.05) is 0 Å². The van der Waals surface area contributed by atoms with Crippen LogP contribution in [0.25, 0.3) is 0 Å². The van der Waals surface area contributed by atoms with Crippen molar-refractivity contribution in [1.29, 1.82) is 0 Å². The highest BCUT2D eigenvalue weighted by Crippen LogP contribution is 1.64. The maximum atomic E-state index is 5.17. The molecular weight excluding hydrogens is 90.1 g/mol. The molecule has 0 saturated heterocycles. The fourth-order valence-corrected chi connectivity index (χ4v) is 0.241. The summed E-state index contributed by atoms with van der Waals surface area (Å²) >= 11 is 0. The summed E-state index contributed by atoms with van der Waals surface area (Å²) in [5, 5.41) is 0. The van der Waals surface area contributed by atoms with E-state index < -0.39 is 0 Å². The Balaban J connectivity index is 3.08. The summed E-state index contributed by atoms with van der Waals surface area (Å²) < 4.78 is 0. The molecule has 0 aliphatic carbocycles. The Hall–Kier alpha value is -0.570. The smallest absolute Gasteiger partial charge is 0.0906 e. The SMILES string of the molecule is CC(N)=NCCN. The lowest BCUT2D eigenvalue weighted by molar-refractivity contribution is 0.971. The van der Waals surface area contributed by atoms with Gasteiger partial charge < -0.3 is 11.5 Å². The van der Waals surface area contributed by atoms with Crippen molar-refractivity contribution < 1.29 is 0 Å².